The molecular formula is C22H23N6. The van der Waals surface area contributed by atoms with Gasteiger partial charge in [0.2, 0.25) is 0 Å². The van der Waals surface area contributed by atoms with Crippen molar-refractivity contribution in [2.75, 3.05) is 11.4 Å². The van der Waals surface area contributed by atoms with Crippen LogP contribution in [-0.4, -0.2) is 31.5 Å². The quantitative estimate of drug-likeness (QED) is 0.589. The Bertz CT molecular complexity index is 1100. The van der Waals surface area contributed by atoms with Crippen LogP contribution in [-0.2, 0) is 5.54 Å². The molecule has 0 spiro atoms. The molecule has 1 aliphatic heterocycles. The summed E-state index contributed by atoms with van der Waals surface area (Å²) >= 11 is 0. The monoisotopic (exact) mass is 371 g/mol. The molecule has 0 bridgehead atoms. The smallest absolute Gasteiger partial charge is 0.132 e. The van der Waals surface area contributed by atoms with Crippen molar-refractivity contribution in [2.45, 2.75) is 39.2 Å². The fourth-order valence-corrected chi connectivity index (χ4v) is 4.25. The minimum absolute atomic E-state index is 0.224. The topological polar surface area (TPSA) is 62.6 Å². The molecule has 0 unspecified atom stereocenters. The van der Waals surface area contributed by atoms with Crippen LogP contribution >= 0.6 is 0 Å². The lowest BCUT2D eigenvalue weighted by Crippen LogP contribution is -2.40. The van der Waals surface area contributed by atoms with Gasteiger partial charge in [0.25, 0.3) is 0 Å². The van der Waals surface area contributed by atoms with Crippen molar-refractivity contribution in [3.8, 4) is 5.69 Å². The zero-order valence-corrected chi connectivity index (χ0v) is 16.4. The van der Waals surface area contributed by atoms with Crippen molar-refractivity contribution in [2.24, 2.45) is 0 Å². The third-order valence-electron chi connectivity index (χ3n) is 5.97. The van der Waals surface area contributed by atoms with Gasteiger partial charge in [0.15, 0.2) is 0 Å². The van der Waals surface area contributed by atoms with E-state index in [1.165, 1.54) is 11.1 Å². The van der Waals surface area contributed by atoms with E-state index in [4.69, 9.17) is 4.98 Å². The summed E-state index contributed by atoms with van der Waals surface area (Å²) in [4.78, 5) is 12.6. The fraction of sp³-hybridized carbons (Fsp3) is 0.318. The number of nitrogens with one attached hydrogen (secondary N) is 1. The maximum Gasteiger partial charge on any atom is 0.132 e. The maximum absolute atomic E-state index is 4.99. The van der Waals surface area contributed by atoms with Gasteiger partial charge >= 0.3 is 0 Å². The zero-order valence-electron chi connectivity index (χ0n) is 16.4. The second-order valence-corrected chi connectivity index (χ2v) is 7.79. The summed E-state index contributed by atoms with van der Waals surface area (Å²) in [5.74, 6) is 1.01. The number of nitrogens with zero attached hydrogens (tertiary/aromatic N) is 5. The molecule has 1 fully saturated rings. The Hall–Kier alpha value is -3.15. The number of anilines is 1. The normalized spacial score (nSPS) is 19.6. The largest absolute Gasteiger partial charge is 0.357 e. The van der Waals surface area contributed by atoms with E-state index in [1.807, 2.05) is 12.1 Å². The first-order valence-electron chi connectivity index (χ1n) is 9.69. The van der Waals surface area contributed by atoms with Crippen LogP contribution in [0.2, 0.25) is 0 Å². The van der Waals surface area contributed by atoms with Crippen molar-refractivity contribution in [3.05, 3.63) is 65.7 Å². The first kappa shape index (κ1) is 17.0. The second-order valence-electron chi connectivity index (χ2n) is 7.79. The minimum Gasteiger partial charge on any atom is -0.357 e. The molecule has 6 nitrogen and oxygen atoms in total. The standard InChI is InChI=1S/C22H23N6/c1-15-13-17-18(14-16(15)2)26-21(25-17)22(3)9-6-12-27(22)19-7-4-5-8-20(19)28-23-10-11-24-28/h4-5,7,10-11,13-14H,6,9,12H2,1-3H3,(H,25,26)/t22-/m0/s1. The van der Waals surface area contributed by atoms with Crippen molar-refractivity contribution in [1.82, 2.24) is 25.0 Å². The first-order chi connectivity index (χ1) is 13.6. The van der Waals surface area contributed by atoms with Gasteiger partial charge in [0, 0.05) is 12.6 Å². The van der Waals surface area contributed by atoms with Crippen LogP contribution in [0.25, 0.3) is 16.7 Å². The molecule has 1 saturated heterocycles. The van der Waals surface area contributed by atoms with Crippen molar-refractivity contribution in [3.63, 3.8) is 0 Å². The number of imidazole rings is 1. The van der Waals surface area contributed by atoms with Crippen molar-refractivity contribution >= 4 is 16.7 Å². The van der Waals surface area contributed by atoms with Crippen LogP contribution < -0.4 is 4.90 Å². The maximum atomic E-state index is 4.99. The molecule has 1 radical (unpaired) electrons. The number of hydrogen-bond acceptors (Lipinski definition) is 4. The molecule has 5 rings (SSSR count). The van der Waals surface area contributed by atoms with Crippen LogP contribution in [0.3, 0.4) is 0 Å². The van der Waals surface area contributed by atoms with Gasteiger partial charge in [-0.2, -0.15) is 10.2 Å². The minimum atomic E-state index is -0.224. The highest BCUT2D eigenvalue weighted by molar-refractivity contribution is 5.77. The average Bonchev–Trinajstić information content (AvgIpc) is 3.42. The number of hydrogen-bond donors (Lipinski definition) is 1. The molecule has 0 amide bonds. The van der Waals surface area contributed by atoms with Gasteiger partial charge in [0.05, 0.1) is 34.7 Å². The van der Waals surface area contributed by atoms with Gasteiger partial charge in [-0.15, -0.1) is 4.80 Å². The number of benzene rings is 2. The Labute approximate surface area is 164 Å². The number of aryl methyl sites for hydroxylation is 2. The fourth-order valence-electron chi connectivity index (χ4n) is 4.25. The lowest BCUT2D eigenvalue weighted by Gasteiger charge is -2.36. The molecule has 2 aromatic heterocycles. The molecule has 141 valence electrons. The zero-order chi connectivity index (χ0) is 19.3. The van der Waals surface area contributed by atoms with E-state index in [1.54, 1.807) is 17.2 Å². The van der Waals surface area contributed by atoms with E-state index < -0.39 is 0 Å². The Morgan fingerprint density at radius 2 is 1.93 bits per heavy atom. The van der Waals surface area contributed by atoms with Crippen LogP contribution in [0.4, 0.5) is 5.69 Å². The van der Waals surface area contributed by atoms with Gasteiger partial charge in [-0.1, -0.05) is 12.1 Å². The molecule has 1 atom stereocenters. The third-order valence-corrected chi connectivity index (χ3v) is 5.97. The van der Waals surface area contributed by atoms with E-state index in [2.05, 4.69) is 65.1 Å². The lowest BCUT2D eigenvalue weighted by molar-refractivity contribution is 0.466. The molecule has 0 aliphatic carbocycles. The van der Waals surface area contributed by atoms with Gasteiger partial charge < -0.3 is 9.88 Å². The molecule has 0 saturated carbocycles. The summed E-state index contributed by atoms with van der Waals surface area (Å²) in [5, 5.41) is 8.63. The van der Waals surface area contributed by atoms with E-state index in [-0.39, 0.29) is 5.54 Å². The highest BCUT2D eigenvalue weighted by atomic mass is 15.5. The molecular weight excluding hydrogens is 348 g/mol. The number of H-pyrrole nitrogens is 1. The van der Waals surface area contributed by atoms with Crippen LogP contribution in [0.1, 0.15) is 36.7 Å². The lowest BCUT2D eigenvalue weighted by atomic mass is 9.97. The summed E-state index contributed by atoms with van der Waals surface area (Å²) in [7, 11) is 0. The number of aromatic amines is 1. The van der Waals surface area contributed by atoms with Crippen LogP contribution in [0.15, 0.2) is 42.7 Å². The SMILES string of the molecule is Cc1cc2nc([C@]3(C)CCCN3c3ccc[c]c3-n3nccn3)[nH]c2cc1C. The van der Waals surface area contributed by atoms with Crippen LogP contribution in [0, 0.1) is 19.9 Å². The van der Waals surface area contributed by atoms with E-state index in [0.29, 0.717) is 0 Å². The van der Waals surface area contributed by atoms with Gasteiger partial charge in [-0.3, -0.25) is 0 Å². The highest BCUT2D eigenvalue weighted by Crippen LogP contribution is 2.42. The number of fused-ring (bicyclic) bond motifs is 1. The molecule has 4 aromatic rings. The molecule has 3 heterocycles. The van der Waals surface area contributed by atoms with E-state index in [0.717, 1.165) is 47.6 Å². The Balaban J connectivity index is 1.63. The first-order valence-corrected chi connectivity index (χ1v) is 9.69. The number of rotatable bonds is 3. The molecule has 28 heavy (non-hydrogen) atoms. The summed E-state index contributed by atoms with van der Waals surface area (Å²) in [5.41, 5.74) is 6.39. The number of aromatic nitrogens is 5. The Morgan fingerprint density at radius 1 is 1.14 bits per heavy atom. The van der Waals surface area contributed by atoms with Crippen molar-refractivity contribution < 1.29 is 0 Å². The van der Waals surface area contributed by atoms with E-state index >= 15 is 0 Å². The predicted octanol–water partition coefficient (Wildman–Crippen LogP) is 4.08. The Kier molecular flexibility index (Phi) is 3.75. The van der Waals surface area contributed by atoms with E-state index in [9.17, 15) is 0 Å². The van der Waals surface area contributed by atoms with Crippen molar-refractivity contribution in [1.29, 1.82) is 0 Å². The van der Waals surface area contributed by atoms with Crippen LogP contribution in [0.5, 0.6) is 0 Å². The van der Waals surface area contributed by atoms with Gasteiger partial charge in [0.1, 0.15) is 11.5 Å². The second kappa shape index (κ2) is 6.19. The molecule has 6 heteroatoms. The summed E-state index contributed by atoms with van der Waals surface area (Å²) in [6, 6.07) is 13.7. The molecule has 1 aliphatic rings. The number of para-hydroxylation sites is 1. The summed E-state index contributed by atoms with van der Waals surface area (Å²) in [6.45, 7) is 7.50. The predicted molar refractivity (Wildman–Crippen MR) is 110 cm³/mol. The Morgan fingerprint density at radius 3 is 2.75 bits per heavy atom. The summed E-state index contributed by atoms with van der Waals surface area (Å²) < 4.78 is 0. The van der Waals surface area contributed by atoms with Gasteiger partial charge in [-0.05, 0) is 62.9 Å². The molecule has 2 aromatic carbocycles. The van der Waals surface area contributed by atoms with Gasteiger partial charge in [-0.25, -0.2) is 4.98 Å². The average molecular weight is 371 g/mol. The highest BCUT2D eigenvalue weighted by Gasteiger charge is 2.42. The molecule has 1 N–H and O–H groups in total. The summed E-state index contributed by atoms with van der Waals surface area (Å²) in [6.07, 6.45) is 5.52. The third kappa shape index (κ3) is 2.52.